The molecular formula is C14H18Cl2N2O2. The second kappa shape index (κ2) is 7.16. The predicted octanol–water partition coefficient (Wildman–Crippen LogP) is 4.07. The Hall–Kier alpha value is -0.970. The van der Waals surface area contributed by atoms with Crippen LogP contribution in [-0.2, 0) is 4.74 Å². The third-order valence-electron chi connectivity index (χ3n) is 3.44. The second-order valence-corrected chi connectivity index (χ2v) is 5.78. The summed E-state index contributed by atoms with van der Waals surface area (Å²) >= 11 is 11.8. The van der Waals surface area contributed by atoms with Gasteiger partial charge in [-0.1, -0.05) is 29.6 Å². The zero-order valence-electron chi connectivity index (χ0n) is 11.3. The number of ether oxygens (including phenoxy) is 1. The standard InChI is InChI=1S/C14H18Cl2N2O2/c1-17-12-4-2-3-5-13(12)20-14(19)18-11-7-9(15)6-10(16)8-11/h6-8,12-13,17H,2-5H2,1H3,(H,18,19). The van der Waals surface area contributed by atoms with Crippen LogP contribution >= 0.6 is 23.2 Å². The van der Waals surface area contributed by atoms with Gasteiger partial charge in [-0.25, -0.2) is 4.79 Å². The lowest BCUT2D eigenvalue weighted by Gasteiger charge is -2.30. The molecule has 1 saturated carbocycles. The van der Waals surface area contributed by atoms with Gasteiger partial charge in [-0.05, 0) is 44.5 Å². The molecule has 0 spiro atoms. The van der Waals surface area contributed by atoms with E-state index in [1.165, 1.54) is 0 Å². The molecule has 1 aliphatic rings. The van der Waals surface area contributed by atoms with E-state index in [4.69, 9.17) is 27.9 Å². The minimum atomic E-state index is -0.476. The van der Waals surface area contributed by atoms with Crippen LogP contribution in [-0.4, -0.2) is 25.3 Å². The van der Waals surface area contributed by atoms with E-state index in [0.29, 0.717) is 15.7 Å². The highest BCUT2D eigenvalue weighted by Crippen LogP contribution is 2.24. The number of benzene rings is 1. The van der Waals surface area contributed by atoms with Crippen LogP contribution in [0.3, 0.4) is 0 Å². The van der Waals surface area contributed by atoms with Crippen molar-refractivity contribution in [2.75, 3.05) is 12.4 Å². The van der Waals surface area contributed by atoms with Crippen LogP contribution in [0, 0.1) is 0 Å². The zero-order valence-corrected chi connectivity index (χ0v) is 12.8. The number of rotatable bonds is 3. The Morgan fingerprint density at radius 3 is 2.50 bits per heavy atom. The first-order chi connectivity index (χ1) is 9.58. The molecule has 2 rings (SSSR count). The highest BCUT2D eigenvalue weighted by molar-refractivity contribution is 6.35. The molecule has 2 unspecified atom stereocenters. The number of hydrogen-bond acceptors (Lipinski definition) is 3. The smallest absolute Gasteiger partial charge is 0.411 e. The van der Waals surface area contributed by atoms with E-state index in [9.17, 15) is 4.79 Å². The third kappa shape index (κ3) is 4.27. The Morgan fingerprint density at radius 2 is 1.85 bits per heavy atom. The first-order valence-corrected chi connectivity index (χ1v) is 7.45. The normalized spacial score (nSPS) is 22.4. The molecular weight excluding hydrogens is 299 g/mol. The van der Waals surface area contributed by atoms with Crippen molar-refractivity contribution < 1.29 is 9.53 Å². The van der Waals surface area contributed by atoms with Gasteiger partial charge in [0.2, 0.25) is 0 Å². The van der Waals surface area contributed by atoms with Gasteiger partial charge in [0, 0.05) is 21.8 Å². The number of carbonyl (C=O) groups excluding carboxylic acids is 1. The Labute approximate surface area is 128 Å². The van der Waals surface area contributed by atoms with Gasteiger partial charge in [0.15, 0.2) is 0 Å². The van der Waals surface area contributed by atoms with E-state index in [-0.39, 0.29) is 12.1 Å². The topological polar surface area (TPSA) is 50.4 Å². The van der Waals surface area contributed by atoms with Crippen LogP contribution in [0.5, 0.6) is 0 Å². The zero-order chi connectivity index (χ0) is 14.5. The van der Waals surface area contributed by atoms with E-state index >= 15 is 0 Å². The maximum atomic E-state index is 11.9. The lowest BCUT2D eigenvalue weighted by atomic mass is 9.92. The summed E-state index contributed by atoms with van der Waals surface area (Å²) in [5.74, 6) is 0. The first kappa shape index (κ1) is 15.4. The summed E-state index contributed by atoms with van der Waals surface area (Å²) in [5, 5.41) is 6.79. The average Bonchev–Trinajstić information content (AvgIpc) is 2.37. The molecule has 110 valence electrons. The molecule has 1 amide bonds. The lowest BCUT2D eigenvalue weighted by Crippen LogP contribution is -2.43. The maximum Gasteiger partial charge on any atom is 0.411 e. The molecule has 6 heteroatoms. The van der Waals surface area contributed by atoms with Crippen LogP contribution < -0.4 is 10.6 Å². The summed E-state index contributed by atoms with van der Waals surface area (Å²) in [5.41, 5.74) is 0.532. The lowest BCUT2D eigenvalue weighted by molar-refractivity contribution is 0.0640. The molecule has 1 aromatic carbocycles. The van der Waals surface area contributed by atoms with Crippen molar-refractivity contribution in [1.82, 2.24) is 5.32 Å². The summed E-state index contributed by atoms with van der Waals surface area (Å²) in [6, 6.07) is 5.09. The van der Waals surface area contributed by atoms with Crippen molar-refractivity contribution in [3.05, 3.63) is 28.2 Å². The SMILES string of the molecule is CNC1CCCCC1OC(=O)Nc1cc(Cl)cc(Cl)c1. The van der Waals surface area contributed by atoms with Crippen molar-refractivity contribution in [2.24, 2.45) is 0 Å². The van der Waals surface area contributed by atoms with Gasteiger partial charge >= 0.3 is 6.09 Å². The summed E-state index contributed by atoms with van der Waals surface area (Å²) in [6.07, 6.45) is 3.58. The fourth-order valence-corrected chi connectivity index (χ4v) is 3.00. The van der Waals surface area contributed by atoms with E-state index in [2.05, 4.69) is 10.6 Å². The Bertz CT molecular complexity index is 462. The molecule has 0 bridgehead atoms. The molecule has 0 heterocycles. The summed E-state index contributed by atoms with van der Waals surface area (Å²) in [6.45, 7) is 0. The quantitative estimate of drug-likeness (QED) is 0.883. The van der Waals surface area contributed by atoms with E-state index in [1.807, 2.05) is 7.05 Å². The molecule has 1 aliphatic carbocycles. The van der Waals surface area contributed by atoms with Crippen LogP contribution in [0.25, 0.3) is 0 Å². The molecule has 0 radical (unpaired) electrons. The number of carbonyl (C=O) groups is 1. The van der Waals surface area contributed by atoms with Crippen LogP contribution in [0.4, 0.5) is 10.5 Å². The highest BCUT2D eigenvalue weighted by Gasteiger charge is 2.27. The van der Waals surface area contributed by atoms with Crippen molar-refractivity contribution in [2.45, 2.75) is 37.8 Å². The maximum absolute atomic E-state index is 11.9. The molecule has 0 aliphatic heterocycles. The predicted molar refractivity (Wildman–Crippen MR) is 81.7 cm³/mol. The van der Waals surface area contributed by atoms with Gasteiger partial charge in [0.05, 0.1) is 0 Å². The molecule has 20 heavy (non-hydrogen) atoms. The first-order valence-electron chi connectivity index (χ1n) is 6.69. The molecule has 2 N–H and O–H groups in total. The van der Waals surface area contributed by atoms with Gasteiger partial charge in [-0.3, -0.25) is 5.32 Å². The van der Waals surface area contributed by atoms with Gasteiger partial charge in [-0.15, -0.1) is 0 Å². The van der Waals surface area contributed by atoms with E-state index in [0.717, 1.165) is 25.7 Å². The van der Waals surface area contributed by atoms with Gasteiger partial charge < -0.3 is 10.1 Å². The van der Waals surface area contributed by atoms with Crippen molar-refractivity contribution in [1.29, 1.82) is 0 Å². The van der Waals surface area contributed by atoms with Gasteiger partial charge in [-0.2, -0.15) is 0 Å². The number of hydrogen-bond donors (Lipinski definition) is 2. The largest absolute Gasteiger partial charge is 0.444 e. The van der Waals surface area contributed by atoms with Crippen LogP contribution in [0.15, 0.2) is 18.2 Å². The monoisotopic (exact) mass is 316 g/mol. The Morgan fingerprint density at radius 1 is 1.20 bits per heavy atom. The molecule has 1 fully saturated rings. The number of likely N-dealkylation sites (N-methyl/N-ethyl adjacent to an activating group) is 1. The minimum absolute atomic E-state index is 0.0941. The van der Waals surface area contributed by atoms with E-state index < -0.39 is 6.09 Å². The Balaban J connectivity index is 1.94. The molecule has 2 atom stereocenters. The highest BCUT2D eigenvalue weighted by atomic mass is 35.5. The number of halogens is 2. The second-order valence-electron chi connectivity index (χ2n) is 4.91. The minimum Gasteiger partial charge on any atom is -0.444 e. The van der Waals surface area contributed by atoms with Gasteiger partial charge in [0.1, 0.15) is 6.10 Å². The van der Waals surface area contributed by atoms with Crippen LogP contribution in [0.1, 0.15) is 25.7 Å². The van der Waals surface area contributed by atoms with Crippen molar-refractivity contribution in [3.8, 4) is 0 Å². The molecule has 0 aromatic heterocycles. The van der Waals surface area contributed by atoms with Crippen molar-refractivity contribution in [3.63, 3.8) is 0 Å². The van der Waals surface area contributed by atoms with E-state index in [1.54, 1.807) is 18.2 Å². The van der Waals surface area contributed by atoms with Crippen molar-refractivity contribution >= 4 is 35.0 Å². The fraction of sp³-hybridized carbons (Fsp3) is 0.500. The summed E-state index contributed by atoms with van der Waals surface area (Å²) < 4.78 is 5.48. The fourth-order valence-electron chi connectivity index (χ4n) is 2.48. The Kier molecular flexibility index (Phi) is 5.52. The number of anilines is 1. The summed E-state index contributed by atoms with van der Waals surface area (Å²) in [7, 11) is 1.89. The van der Waals surface area contributed by atoms with Gasteiger partial charge in [0.25, 0.3) is 0 Å². The average molecular weight is 317 g/mol. The molecule has 1 aromatic rings. The molecule has 0 saturated heterocycles. The third-order valence-corrected chi connectivity index (χ3v) is 3.88. The summed E-state index contributed by atoms with van der Waals surface area (Å²) in [4.78, 5) is 11.9. The molecule has 4 nitrogen and oxygen atoms in total. The number of amides is 1. The number of nitrogens with one attached hydrogen (secondary N) is 2. The van der Waals surface area contributed by atoms with Crippen LogP contribution in [0.2, 0.25) is 10.0 Å².